The molecule has 102 valence electrons. The molecule has 0 aliphatic carbocycles. The highest BCUT2D eigenvalue weighted by Gasteiger charge is 2.19. The van der Waals surface area contributed by atoms with Crippen LogP contribution in [0, 0.1) is 12.3 Å². The Morgan fingerprint density at radius 2 is 2.21 bits per heavy atom. The van der Waals surface area contributed by atoms with Gasteiger partial charge in [0.25, 0.3) is 0 Å². The van der Waals surface area contributed by atoms with Gasteiger partial charge in [-0.25, -0.2) is 4.79 Å². The molecule has 0 radical (unpaired) electrons. The van der Waals surface area contributed by atoms with Gasteiger partial charge in [-0.15, -0.1) is 6.42 Å². The Balaban J connectivity index is 2.78. The Labute approximate surface area is 114 Å². The third-order valence-electron chi connectivity index (χ3n) is 2.38. The van der Waals surface area contributed by atoms with Crippen LogP contribution in [0.15, 0.2) is 24.3 Å². The van der Waals surface area contributed by atoms with Gasteiger partial charge in [0.1, 0.15) is 5.60 Å². The summed E-state index contributed by atoms with van der Waals surface area (Å²) < 4.78 is 5.20. The third-order valence-corrected chi connectivity index (χ3v) is 2.38. The molecule has 1 atom stereocenters. The van der Waals surface area contributed by atoms with Crippen molar-refractivity contribution in [2.24, 2.45) is 5.73 Å². The lowest BCUT2D eigenvalue weighted by Crippen LogP contribution is -2.37. The van der Waals surface area contributed by atoms with E-state index in [0.29, 0.717) is 0 Å². The van der Waals surface area contributed by atoms with Crippen molar-refractivity contribution in [2.45, 2.75) is 32.4 Å². The lowest BCUT2D eigenvalue weighted by Gasteiger charge is -2.23. The summed E-state index contributed by atoms with van der Waals surface area (Å²) in [6, 6.07) is 7.04. The summed E-state index contributed by atoms with van der Waals surface area (Å²) in [6.45, 7) is 5.70. The van der Waals surface area contributed by atoms with Gasteiger partial charge in [-0.2, -0.15) is 0 Å². The SMILES string of the molecule is C#Cc1cccc(C(CN)NC(=O)OC(C)(C)C)c1. The van der Waals surface area contributed by atoms with E-state index in [2.05, 4.69) is 11.2 Å². The Morgan fingerprint density at radius 1 is 1.53 bits per heavy atom. The number of nitrogens with two attached hydrogens (primary N) is 1. The molecule has 0 aliphatic rings. The van der Waals surface area contributed by atoms with Crippen molar-refractivity contribution in [3.63, 3.8) is 0 Å². The van der Waals surface area contributed by atoms with E-state index in [0.717, 1.165) is 11.1 Å². The molecule has 0 bridgehead atoms. The minimum Gasteiger partial charge on any atom is -0.444 e. The number of alkyl carbamates (subject to hydrolysis) is 1. The Morgan fingerprint density at radius 3 is 2.74 bits per heavy atom. The lowest BCUT2D eigenvalue weighted by molar-refractivity contribution is 0.0505. The first-order valence-corrected chi connectivity index (χ1v) is 6.12. The van der Waals surface area contributed by atoms with Crippen molar-refractivity contribution in [3.8, 4) is 12.3 Å². The van der Waals surface area contributed by atoms with Crippen molar-refractivity contribution in [1.29, 1.82) is 0 Å². The predicted octanol–water partition coefficient (Wildman–Crippen LogP) is 2.19. The predicted molar refractivity (Wildman–Crippen MR) is 75.5 cm³/mol. The van der Waals surface area contributed by atoms with Gasteiger partial charge in [-0.3, -0.25) is 0 Å². The highest BCUT2D eigenvalue weighted by Crippen LogP contribution is 2.15. The fourth-order valence-electron chi connectivity index (χ4n) is 1.57. The van der Waals surface area contributed by atoms with Crippen LogP contribution in [0.25, 0.3) is 0 Å². The van der Waals surface area contributed by atoms with Crippen LogP contribution < -0.4 is 11.1 Å². The van der Waals surface area contributed by atoms with Crippen LogP contribution in [0.1, 0.15) is 37.9 Å². The number of benzene rings is 1. The smallest absolute Gasteiger partial charge is 0.408 e. The normalized spacial score (nSPS) is 12.4. The minimum atomic E-state index is -0.538. The molecule has 4 heteroatoms. The number of carbonyl (C=O) groups is 1. The Hall–Kier alpha value is -1.99. The third kappa shape index (κ3) is 5.02. The molecule has 0 aromatic heterocycles. The van der Waals surface area contributed by atoms with Gasteiger partial charge in [0, 0.05) is 12.1 Å². The molecule has 19 heavy (non-hydrogen) atoms. The Kier molecular flexibility index (Phi) is 4.96. The maximum atomic E-state index is 11.7. The summed E-state index contributed by atoms with van der Waals surface area (Å²) in [5, 5.41) is 2.74. The van der Waals surface area contributed by atoms with E-state index in [-0.39, 0.29) is 12.6 Å². The maximum absolute atomic E-state index is 11.7. The van der Waals surface area contributed by atoms with Crippen molar-refractivity contribution >= 4 is 6.09 Å². The minimum absolute atomic E-state index is 0.271. The number of carbonyl (C=O) groups excluding carboxylic acids is 1. The number of ether oxygens (including phenoxy) is 1. The van der Waals surface area contributed by atoms with Crippen molar-refractivity contribution in [1.82, 2.24) is 5.32 Å². The summed E-state index contributed by atoms with van der Waals surface area (Å²) in [5.41, 5.74) is 6.77. The van der Waals surface area contributed by atoms with Crippen molar-refractivity contribution in [2.75, 3.05) is 6.54 Å². The van der Waals surface area contributed by atoms with Crippen LogP contribution in [-0.4, -0.2) is 18.2 Å². The van der Waals surface area contributed by atoms with Gasteiger partial charge in [0.2, 0.25) is 0 Å². The first-order valence-electron chi connectivity index (χ1n) is 6.12. The summed E-state index contributed by atoms with van der Waals surface area (Å²) in [4.78, 5) is 11.7. The zero-order valence-corrected chi connectivity index (χ0v) is 11.6. The molecule has 0 saturated heterocycles. The first kappa shape index (κ1) is 15.1. The molecule has 0 fully saturated rings. The first-order chi connectivity index (χ1) is 8.85. The molecular weight excluding hydrogens is 240 g/mol. The quantitative estimate of drug-likeness (QED) is 0.819. The zero-order valence-electron chi connectivity index (χ0n) is 11.6. The van der Waals surface area contributed by atoms with Crippen LogP contribution >= 0.6 is 0 Å². The molecule has 1 unspecified atom stereocenters. The van der Waals surface area contributed by atoms with Crippen LogP contribution in [0.3, 0.4) is 0 Å². The average Bonchev–Trinajstić information content (AvgIpc) is 2.34. The van der Waals surface area contributed by atoms with Crippen LogP contribution in [0.5, 0.6) is 0 Å². The molecule has 4 nitrogen and oxygen atoms in total. The number of nitrogens with one attached hydrogen (secondary N) is 1. The fraction of sp³-hybridized carbons (Fsp3) is 0.400. The average molecular weight is 260 g/mol. The van der Waals surface area contributed by atoms with E-state index in [1.807, 2.05) is 45.0 Å². The summed E-state index contributed by atoms with van der Waals surface area (Å²) in [7, 11) is 0. The number of hydrogen-bond donors (Lipinski definition) is 2. The van der Waals surface area contributed by atoms with Crippen molar-refractivity contribution < 1.29 is 9.53 Å². The number of hydrogen-bond acceptors (Lipinski definition) is 3. The van der Waals surface area contributed by atoms with Crippen LogP contribution in [0.4, 0.5) is 4.79 Å². The second-order valence-corrected chi connectivity index (χ2v) is 5.20. The van der Waals surface area contributed by atoms with Gasteiger partial charge in [-0.1, -0.05) is 18.1 Å². The van der Waals surface area contributed by atoms with E-state index in [9.17, 15) is 4.79 Å². The van der Waals surface area contributed by atoms with E-state index in [4.69, 9.17) is 16.9 Å². The van der Waals surface area contributed by atoms with E-state index >= 15 is 0 Å². The summed E-state index contributed by atoms with van der Waals surface area (Å²) in [6.07, 6.45) is 4.86. The standard InChI is InChI=1S/C15H20N2O2/c1-5-11-7-6-8-12(9-11)13(10-16)17-14(18)19-15(2,3)4/h1,6-9,13H,10,16H2,2-4H3,(H,17,18). The number of rotatable bonds is 3. The molecule has 1 rings (SSSR count). The van der Waals surface area contributed by atoms with E-state index in [1.54, 1.807) is 0 Å². The largest absolute Gasteiger partial charge is 0.444 e. The van der Waals surface area contributed by atoms with E-state index in [1.165, 1.54) is 0 Å². The van der Waals surface area contributed by atoms with Crippen LogP contribution in [-0.2, 0) is 4.74 Å². The molecule has 1 aromatic rings. The topological polar surface area (TPSA) is 64.3 Å². The van der Waals surface area contributed by atoms with Gasteiger partial charge < -0.3 is 15.8 Å². The lowest BCUT2D eigenvalue weighted by atomic mass is 10.0. The maximum Gasteiger partial charge on any atom is 0.408 e. The van der Waals surface area contributed by atoms with E-state index < -0.39 is 11.7 Å². The highest BCUT2D eigenvalue weighted by atomic mass is 16.6. The van der Waals surface area contributed by atoms with Gasteiger partial charge in [-0.05, 0) is 38.5 Å². The summed E-state index contributed by atoms with van der Waals surface area (Å²) >= 11 is 0. The van der Waals surface area contributed by atoms with Gasteiger partial charge >= 0.3 is 6.09 Å². The van der Waals surface area contributed by atoms with Gasteiger partial charge in [0.15, 0.2) is 0 Å². The molecule has 3 N–H and O–H groups in total. The van der Waals surface area contributed by atoms with Gasteiger partial charge in [0.05, 0.1) is 6.04 Å². The second kappa shape index (κ2) is 6.26. The molecular formula is C15H20N2O2. The molecule has 0 heterocycles. The molecule has 0 saturated carbocycles. The summed E-state index contributed by atoms with van der Waals surface area (Å²) in [5.74, 6) is 2.55. The molecule has 1 amide bonds. The highest BCUT2D eigenvalue weighted by molar-refractivity contribution is 5.68. The molecule has 0 spiro atoms. The van der Waals surface area contributed by atoms with Crippen molar-refractivity contribution in [3.05, 3.63) is 35.4 Å². The number of terminal acetylenes is 1. The van der Waals surface area contributed by atoms with Crippen LogP contribution in [0.2, 0.25) is 0 Å². The Bertz CT molecular complexity index is 484. The second-order valence-electron chi connectivity index (χ2n) is 5.20. The monoisotopic (exact) mass is 260 g/mol. The fourth-order valence-corrected chi connectivity index (χ4v) is 1.57. The molecule has 0 aliphatic heterocycles. The molecule has 1 aromatic carbocycles. The zero-order chi connectivity index (χ0) is 14.5. The number of amides is 1.